The first kappa shape index (κ1) is 20.2. The first-order valence-electron chi connectivity index (χ1n) is 9.17. The molecule has 1 amide bonds. The number of hydrogen-bond donors (Lipinski definition) is 2. The van der Waals surface area contributed by atoms with Crippen molar-refractivity contribution >= 4 is 11.6 Å². The molecule has 1 aromatic carbocycles. The minimum atomic E-state index is -4.55. The van der Waals surface area contributed by atoms with E-state index in [2.05, 4.69) is 15.7 Å². The molecule has 1 aliphatic heterocycles. The number of carbonyl (C=O) groups excluding carboxylic acids is 1. The second-order valence-electron chi connectivity index (χ2n) is 7.05. The van der Waals surface area contributed by atoms with Crippen LogP contribution >= 0.6 is 0 Å². The largest absolute Gasteiger partial charge is 0.491 e. The molecule has 0 spiro atoms. The van der Waals surface area contributed by atoms with Crippen molar-refractivity contribution in [3.63, 3.8) is 0 Å². The third kappa shape index (κ3) is 5.03. The summed E-state index contributed by atoms with van der Waals surface area (Å²) < 4.78 is 46.6. The molecule has 1 aliphatic rings. The summed E-state index contributed by atoms with van der Waals surface area (Å²) in [6.45, 7) is 5.20. The average Bonchev–Trinajstić information content (AvgIpc) is 3.11. The molecule has 0 radical (unpaired) electrons. The van der Waals surface area contributed by atoms with E-state index in [1.165, 1.54) is 12.3 Å². The molecule has 0 unspecified atom stereocenters. The van der Waals surface area contributed by atoms with Gasteiger partial charge in [0.05, 0.1) is 29.5 Å². The standard InChI is InChI=1S/C19H23F3N4O2/c1-12(2)28-17-8-14(19(20,21)22)7-15(9-17)25-18(27)13-10-24-26(11-13)16-3-5-23-6-4-16/h7-12,16,23H,3-6H2,1-2H3,(H,25,27). The summed E-state index contributed by atoms with van der Waals surface area (Å²) in [5, 5.41) is 10.0. The molecule has 2 heterocycles. The first-order chi connectivity index (χ1) is 13.2. The van der Waals surface area contributed by atoms with Crippen LogP contribution in [0.4, 0.5) is 18.9 Å². The third-order valence-electron chi connectivity index (χ3n) is 4.41. The Morgan fingerprint density at radius 2 is 2.00 bits per heavy atom. The van der Waals surface area contributed by atoms with E-state index in [1.807, 2.05) is 0 Å². The summed E-state index contributed by atoms with van der Waals surface area (Å²) in [6.07, 6.45) is 0.0325. The van der Waals surface area contributed by atoms with E-state index >= 15 is 0 Å². The van der Waals surface area contributed by atoms with Crippen LogP contribution in [0, 0.1) is 0 Å². The summed E-state index contributed by atoms with van der Waals surface area (Å²) in [7, 11) is 0. The molecule has 1 saturated heterocycles. The molecular formula is C19H23F3N4O2. The fraction of sp³-hybridized carbons (Fsp3) is 0.474. The summed E-state index contributed by atoms with van der Waals surface area (Å²) >= 11 is 0. The van der Waals surface area contributed by atoms with E-state index in [4.69, 9.17) is 4.74 Å². The molecule has 2 aromatic rings. The lowest BCUT2D eigenvalue weighted by atomic mass is 10.1. The molecule has 0 aliphatic carbocycles. The van der Waals surface area contributed by atoms with Crippen LogP contribution in [-0.2, 0) is 6.18 Å². The number of piperidine rings is 1. The van der Waals surface area contributed by atoms with Gasteiger partial charge in [0, 0.05) is 18.0 Å². The zero-order valence-electron chi connectivity index (χ0n) is 15.7. The lowest BCUT2D eigenvalue weighted by Crippen LogP contribution is -2.29. The zero-order valence-corrected chi connectivity index (χ0v) is 15.7. The SMILES string of the molecule is CC(C)Oc1cc(NC(=O)c2cnn(C3CCNCC3)c2)cc(C(F)(F)F)c1. The number of aromatic nitrogens is 2. The van der Waals surface area contributed by atoms with Gasteiger partial charge in [-0.15, -0.1) is 0 Å². The Hall–Kier alpha value is -2.55. The Bertz CT molecular complexity index is 827. The summed E-state index contributed by atoms with van der Waals surface area (Å²) in [5.74, 6) is -0.472. The highest BCUT2D eigenvalue weighted by Gasteiger charge is 2.32. The van der Waals surface area contributed by atoms with Crippen LogP contribution in [0.1, 0.15) is 48.7 Å². The smallest absolute Gasteiger partial charge is 0.416 e. The lowest BCUT2D eigenvalue weighted by Gasteiger charge is -2.22. The normalized spacial score (nSPS) is 15.6. The highest BCUT2D eigenvalue weighted by molar-refractivity contribution is 6.04. The molecule has 28 heavy (non-hydrogen) atoms. The highest BCUT2D eigenvalue weighted by atomic mass is 19.4. The number of rotatable bonds is 5. The molecule has 1 aromatic heterocycles. The minimum absolute atomic E-state index is 0.0186. The van der Waals surface area contributed by atoms with Gasteiger partial charge in [-0.05, 0) is 51.9 Å². The highest BCUT2D eigenvalue weighted by Crippen LogP contribution is 2.34. The molecule has 6 nitrogen and oxygen atoms in total. The Morgan fingerprint density at radius 3 is 2.64 bits per heavy atom. The number of amides is 1. The molecule has 3 rings (SSSR count). The zero-order chi connectivity index (χ0) is 20.3. The predicted octanol–water partition coefficient (Wildman–Crippen LogP) is 3.87. The van der Waals surface area contributed by atoms with E-state index in [0.29, 0.717) is 5.56 Å². The molecule has 1 fully saturated rings. The third-order valence-corrected chi connectivity index (χ3v) is 4.41. The molecule has 152 valence electrons. The number of benzene rings is 1. The van der Waals surface area contributed by atoms with E-state index < -0.39 is 17.6 Å². The van der Waals surface area contributed by atoms with Crippen molar-refractivity contribution in [2.45, 2.75) is 45.0 Å². The number of hydrogen-bond acceptors (Lipinski definition) is 4. The second-order valence-corrected chi connectivity index (χ2v) is 7.05. The number of anilines is 1. The number of halogens is 3. The van der Waals surface area contributed by atoms with Crippen LogP contribution in [0.2, 0.25) is 0 Å². The predicted molar refractivity (Wildman–Crippen MR) is 98.5 cm³/mol. The van der Waals surface area contributed by atoms with E-state index in [0.717, 1.165) is 38.1 Å². The monoisotopic (exact) mass is 396 g/mol. The van der Waals surface area contributed by atoms with E-state index in [9.17, 15) is 18.0 Å². The Morgan fingerprint density at radius 1 is 1.29 bits per heavy atom. The lowest BCUT2D eigenvalue weighted by molar-refractivity contribution is -0.137. The van der Waals surface area contributed by atoms with Crippen LogP contribution in [0.15, 0.2) is 30.6 Å². The number of ether oxygens (including phenoxy) is 1. The number of nitrogens with one attached hydrogen (secondary N) is 2. The van der Waals surface area contributed by atoms with Crippen LogP contribution in [0.5, 0.6) is 5.75 Å². The second kappa shape index (κ2) is 8.22. The average molecular weight is 396 g/mol. The molecule has 0 bridgehead atoms. The van der Waals surface area contributed by atoms with Crippen LogP contribution < -0.4 is 15.4 Å². The van der Waals surface area contributed by atoms with Crippen molar-refractivity contribution in [3.05, 3.63) is 41.7 Å². The van der Waals surface area contributed by atoms with Crippen LogP contribution in [0.3, 0.4) is 0 Å². The van der Waals surface area contributed by atoms with Gasteiger partial charge in [-0.2, -0.15) is 18.3 Å². The van der Waals surface area contributed by atoms with Gasteiger partial charge in [0.15, 0.2) is 0 Å². The van der Waals surface area contributed by atoms with Crippen LogP contribution in [0.25, 0.3) is 0 Å². The van der Waals surface area contributed by atoms with Gasteiger partial charge >= 0.3 is 6.18 Å². The van der Waals surface area contributed by atoms with Crippen molar-refractivity contribution < 1.29 is 22.7 Å². The van der Waals surface area contributed by atoms with Crippen molar-refractivity contribution in [2.75, 3.05) is 18.4 Å². The van der Waals surface area contributed by atoms with Gasteiger partial charge in [-0.1, -0.05) is 0 Å². The maximum Gasteiger partial charge on any atom is 0.416 e. The maximum atomic E-state index is 13.2. The van der Waals surface area contributed by atoms with Crippen molar-refractivity contribution in [3.8, 4) is 5.75 Å². The number of carbonyl (C=O) groups is 1. The maximum absolute atomic E-state index is 13.2. The fourth-order valence-electron chi connectivity index (χ4n) is 3.10. The Balaban J connectivity index is 1.78. The topological polar surface area (TPSA) is 68.2 Å². The van der Waals surface area contributed by atoms with Crippen molar-refractivity contribution in [1.82, 2.24) is 15.1 Å². The Kier molecular flexibility index (Phi) is 5.93. The molecule has 0 saturated carbocycles. The van der Waals surface area contributed by atoms with E-state index in [-0.39, 0.29) is 23.6 Å². The van der Waals surface area contributed by atoms with Gasteiger partial charge < -0.3 is 15.4 Å². The van der Waals surface area contributed by atoms with Gasteiger partial charge in [-0.3, -0.25) is 9.48 Å². The summed E-state index contributed by atoms with van der Waals surface area (Å²) in [6, 6.07) is 3.40. The fourth-order valence-corrected chi connectivity index (χ4v) is 3.10. The van der Waals surface area contributed by atoms with Gasteiger partial charge in [0.2, 0.25) is 0 Å². The van der Waals surface area contributed by atoms with E-state index in [1.54, 1.807) is 24.7 Å². The van der Waals surface area contributed by atoms with Crippen molar-refractivity contribution in [2.24, 2.45) is 0 Å². The summed E-state index contributed by atoms with van der Waals surface area (Å²) in [5.41, 5.74) is -0.571. The first-order valence-corrected chi connectivity index (χ1v) is 9.17. The van der Waals surface area contributed by atoms with Gasteiger partial charge in [0.25, 0.3) is 5.91 Å². The molecular weight excluding hydrogens is 373 g/mol. The molecule has 9 heteroatoms. The number of alkyl halides is 3. The van der Waals surface area contributed by atoms with Crippen LogP contribution in [-0.4, -0.2) is 34.9 Å². The van der Waals surface area contributed by atoms with Crippen molar-refractivity contribution in [1.29, 1.82) is 0 Å². The Labute approximate surface area is 161 Å². The summed E-state index contributed by atoms with van der Waals surface area (Å²) in [4.78, 5) is 12.5. The van der Waals surface area contributed by atoms with Gasteiger partial charge in [-0.25, -0.2) is 0 Å². The number of nitrogens with zero attached hydrogens (tertiary/aromatic N) is 2. The minimum Gasteiger partial charge on any atom is -0.491 e. The molecule has 0 atom stereocenters. The quantitative estimate of drug-likeness (QED) is 0.805. The molecule has 2 N–H and O–H groups in total. The van der Waals surface area contributed by atoms with Gasteiger partial charge in [0.1, 0.15) is 5.75 Å².